The van der Waals surface area contributed by atoms with Gasteiger partial charge in [-0.05, 0) is 20.3 Å². The highest BCUT2D eigenvalue weighted by Gasteiger charge is 2.31. The number of aliphatic hydroxyl groups excluding tert-OH is 1. The second-order valence-corrected chi connectivity index (χ2v) is 5.29. The molecule has 0 aliphatic carbocycles. The molecule has 0 aliphatic heterocycles. The summed E-state index contributed by atoms with van der Waals surface area (Å²) in [6.07, 6.45) is 0.552. The lowest BCUT2D eigenvalue weighted by Crippen LogP contribution is -2.47. The van der Waals surface area contributed by atoms with Crippen LogP contribution >= 0.6 is 11.8 Å². The molecule has 5 heteroatoms. The van der Waals surface area contributed by atoms with Crippen molar-refractivity contribution < 1.29 is 14.6 Å². The van der Waals surface area contributed by atoms with Crippen molar-refractivity contribution in [3.8, 4) is 0 Å². The third-order valence-electron chi connectivity index (χ3n) is 1.95. The normalized spacial score (nSPS) is 16.9. The molecule has 2 unspecified atom stereocenters. The Morgan fingerprint density at radius 2 is 2.27 bits per heavy atom. The van der Waals surface area contributed by atoms with E-state index >= 15 is 0 Å². The topological polar surface area (TPSA) is 72.5 Å². The van der Waals surface area contributed by atoms with Crippen LogP contribution in [-0.2, 0) is 9.53 Å². The molecule has 0 saturated heterocycles. The van der Waals surface area contributed by atoms with Gasteiger partial charge in [0, 0.05) is 11.0 Å². The van der Waals surface area contributed by atoms with Crippen molar-refractivity contribution in [3.05, 3.63) is 0 Å². The first-order valence-electron chi connectivity index (χ1n) is 5.12. The molecule has 15 heavy (non-hydrogen) atoms. The lowest BCUT2D eigenvalue weighted by Gasteiger charge is -2.25. The molecule has 0 aromatic carbocycles. The van der Waals surface area contributed by atoms with Gasteiger partial charge in [0.25, 0.3) is 0 Å². The van der Waals surface area contributed by atoms with Gasteiger partial charge in [-0.1, -0.05) is 6.92 Å². The quantitative estimate of drug-likeness (QED) is 0.638. The molecule has 0 bridgehead atoms. The summed E-state index contributed by atoms with van der Waals surface area (Å²) < 4.78 is 4.89. The summed E-state index contributed by atoms with van der Waals surface area (Å²) in [5.41, 5.74) is 4.94. The minimum absolute atomic E-state index is 0.149. The molecule has 0 aliphatic rings. The van der Waals surface area contributed by atoms with Crippen molar-refractivity contribution in [1.82, 2.24) is 0 Å². The van der Waals surface area contributed by atoms with Gasteiger partial charge in [-0.25, -0.2) is 0 Å². The number of nitrogens with two attached hydrogens (primary N) is 1. The molecule has 0 fully saturated rings. The van der Waals surface area contributed by atoms with Gasteiger partial charge in [-0.15, -0.1) is 0 Å². The van der Waals surface area contributed by atoms with Crippen molar-refractivity contribution in [3.63, 3.8) is 0 Å². The van der Waals surface area contributed by atoms with E-state index in [1.165, 1.54) is 0 Å². The number of aliphatic hydroxyl groups is 1. The number of thioether (sulfide) groups is 1. The van der Waals surface area contributed by atoms with Gasteiger partial charge in [0.1, 0.15) is 5.54 Å². The average Bonchev–Trinajstić information content (AvgIpc) is 2.14. The van der Waals surface area contributed by atoms with Crippen molar-refractivity contribution in [2.24, 2.45) is 5.73 Å². The maximum Gasteiger partial charge on any atom is 0.325 e. The number of rotatable bonds is 7. The maximum atomic E-state index is 11.5. The lowest BCUT2D eigenvalue weighted by molar-refractivity contribution is -0.149. The number of esters is 1. The van der Waals surface area contributed by atoms with E-state index in [1.807, 2.05) is 6.92 Å². The van der Waals surface area contributed by atoms with Gasteiger partial charge in [-0.3, -0.25) is 4.79 Å². The van der Waals surface area contributed by atoms with E-state index < -0.39 is 5.54 Å². The Bertz CT molecular complexity index is 197. The fourth-order valence-corrected chi connectivity index (χ4v) is 2.26. The molecular weight excluding hydrogens is 214 g/mol. The van der Waals surface area contributed by atoms with Gasteiger partial charge in [0.15, 0.2) is 0 Å². The Balaban J connectivity index is 4.05. The Hall–Kier alpha value is -0.260. The van der Waals surface area contributed by atoms with Crippen molar-refractivity contribution in [1.29, 1.82) is 0 Å². The summed E-state index contributed by atoms with van der Waals surface area (Å²) >= 11 is 1.60. The number of hydrogen-bond donors (Lipinski definition) is 2. The molecule has 0 radical (unpaired) electrons. The Morgan fingerprint density at radius 1 is 1.67 bits per heavy atom. The molecule has 0 aromatic heterocycles. The predicted octanol–water partition coefficient (Wildman–Crippen LogP) is 0.771. The van der Waals surface area contributed by atoms with Crippen LogP contribution in [0.15, 0.2) is 0 Å². The van der Waals surface area contributed by atoms with Gasteiger partial charge in [0.2, 0.25) is 0 Å². The van der Waals surface area contributed by atoms with Crippen LogP contribution in [0, 0.1) is 0 Å². The van der Waals surface area contributed by atoms with Crippen LogP contribution in [0.5, 0.6) is 0 Å². The molecular formula is C10H21NO3S. The highest BCUT2D eigenvalue weighted by Crippen LogP contribution is 2.20. The summed E-state index contributed by atoms with van der Waals surface area (Å²) in [5, 5.41) is 8.90. The highest BCUT2D eigenvalue weighted by molar-refractivity contribution is 7.99. The summed E-state index contributed by atoms with van der Waals surface area (Å²) in [6, 6.07) is 0. The minimum Gasteiger partial charge on any atom is -0.465 e. The Labute approximate surface area is 95.6 Å². The van der Waals surface area contributed by atoms with Crippen molar-refractivity contribution >= 4 is 17.7 Å². The molecule has 0 amide bonds. The standard InChI is InChI=1S/C10H21NO3S/c1-4-14-9(13)10(3,11)7-8(2)15-6-5-12/h8,12H,4-7,11H2,1-3H3. The van der Waals surface area contributed by atoms with Gasteiger partial charge < -0.3 is 15.6 Å². The van der Waals surface area contributed by atoms with Crippen LogP contribution < -0.4 is 5.73 Å². The highest BCUT2D eigenvalue weighted by atomic mass is 32.2. The minimum atomic E-state index is -0.933. The molecule has 0 spiro atoms. The smallest absolute Gasteiger partial charge is 0.325 e. The fourth-order valence-electron chi connectivity index (χ4n) is 1.29. The van der Waals surface area contributed by atoms with Crippen LogP contribution in [0.1, 0.15) is 27.2 Å². The van der Waals surface area contributed by atoms with Gasteiger partial charge in [0.05, 0.1) is 13.2 Å². The van der Waals surface area contributed by atoms with E-state index in [1.54, 1.807) is 25.6 Å². The number of hydrogen-bond acceptors (Lipinski definition) is 5. The van der Waals surface area contributed by atoms with Crippen molar-refractivity contribution in [2.75, 3.05) is 19.0 Å². The number of ether oxygens (including phenoxy) is 1. The van der Waals surface area contributed by atoms with E-state index in [2.05, 4.69) is 0 Å². The lowest BCUT2D eigenvalue weighted by atomic mass is 9.98. The van der Waals surface area contributed by atoms with E-state index in [0.29, 0.717) is 18.8 Å². The van der Waals surface area contributed by atoms with E-state index in [9.17, 15) is 4.79 Å². The fraction of sp³-hybridized carbons (Fsp3) is 0.900. The van der Waals surface area contributed by atoms with Crippen LogP contribution in [0.3, 0.4) is 0 Å². The third kappa shape index (κ3) is 6.02. The first-order valence-corrected chi connectivity index (χ1v) is 6.17. The zero-order valence-corrected chi connectivity index (χ0v) is 10.5. The van der Waals surface area contributed by atoms with Gasteiger partial charge >= 0.3 is 5.97 Å². The zero-order chi connectivity index (χ0) is 11.9. The molecule has 3 N–H and O–H groups in total. The molecule has 2 atom stereocenters. The van der Waals surface area contributed by atoms with E-state index in [-0.39, 0.29) is 17.8 Å². The first kappa shape index (κ1) is 14.7. The molecule has 0 aromatic rings. The SMILES string of the molecule is CCOC(=O)C(C)(N)CC(C)SCCO. The zero-order valence-electron chi connectivity index (χ0n) is 9.66. The van der Waals surface area contributed by atoms with Gasteiger partial charge in [-0.2, -0.15) is 11.8 Å². The van der Waals surface area contributed by atoms with Crippen LogP contribution in [0.25, 0.3) is 0 Å². The molecule has 4 nitrogen and oxygen atoms in total. The van der Waals surface area contributed by atoms with Crippen LogP contribution in [0.2, 0.25) is 0 Å². The van der Waals surface area contributed by atoms with Crippen molar-refractivity contribution in [2.45, 2.75) is 38.0 Å². The second kappa shape index (κ2) is 7.09. The largest absolute Gasteiger partial charge is 0.465 e. The average molecular weight is 235 g/mol. The number of carbonyl (C=O) groups is 1. The van der Waals surface area contributed by atoms with E-state index in [4.69, 9.17) is 15.6 Å². The number of carbonyl (C=O) groups excluding carboxylic acids is 1. The summed E-state index contributed by atoms with van der Waals surface area (Å²) in [6.45, 7) is 5.93. The molecule has 90 valence electrons. The molecule has 0 saturated carbocycles. The second-order valence-electron chi connectivity index (χ2n) is 3.75. The van der Waals surface area contributed by atoms with Crippen LogP contribution in [0.4, 0.5) is 0 Å². The predicted molar refractivity (Wildman–Crippen MR) is 62.8 cm³/mol. The monoisotopic (exact) mass is 235 g/mol. The van der Waals surface area contributed by atoms with E-state index in [0.717, 1.165) is 0 Å². The summed E-state index contributed by atoms with van der Waals surface area (Å²) in [5.74, 6) is 0.307. The Kier molecular flexibility index (Phi) is 6.96. The molecule has 0 rings (SSSR count). The summed E-state index contributed by atoms with van der Waals surface area (Å²) in [7, 11) is 0. The maximum absolute atomic E-state index is 11.5. The molecule has 0 heterocycles. The Morgan fingerprint density at radius 3 is 2.73 bits per heavy atom. The summed E-state index contributed by atoms with van der Waals surface area (Å²) in [4.78, 5) is 11.5. The van der Waals surface area contributed by atoms with Crippen LogP contribution in [-0.4, -0.2) is 40.8 Å². The third-order valence-corrected chi connectivity index (χ3v) is 3.10. The first-order chi connectivity index (χ1) is 6.94.